The Balaban J connectivity index is 1.93. The van der Waals surface area contributed by atoms with Gasteiger partial charge in [0.1, 0.15) is 0 Å². The number of alkyl halides is 1. The number of benzene rings is 1. The average molecular weight is 312 g/mol. The van der Waals surface area contributed by atoms with Gasteiger partial charge in [0.25, 0.3) is 0 Å². The molecule has 1 aromatic heterocycles. The molecule has 92 valence electrons. The van der Waals surface area contributed by atoms with Crippen LogP contribution in [0.1, 0.15) is 37.6 Å². The van der Waals surface area contributed by atoms with E-state index < -0.39 is 0 Å². The van der Waals surface area contributed by atoms with Crippen molar-refractivity contribution in [3.05, 3.63) is 29.3 Å². The normalized spacial score (nSPS) is 13.1. The summed E-state index contributed by atoms with van der Waals surface area (Å²) in [5.74, 6) is 0. The zero-order valence-corrected chi connectivity index (χ0v) is 12.6. The summed E-state index contributed by atoms with van der Waals surface area (Å²) in [6.45, 7) is 2.25. The Hall–Kier alpha value is -0.410. The van der Waals surface area contributed by atoms with E-state index in [9.17, 15) is 0 Å². The van der Waals surface area contributed by atoms with Crippen LogP contribution >= 0.6 is 27.3 Å². The third-order valence-electron chi connectivity index (χ3n) is 2.86. The van der Waals surface area contributed by atoms with Crippen molar-refractivity contribution in [1.82, 2.24) is 4.98 Å². The van der Waals surface area contributed by atoms with Gasteiger partial charge in [-0.05, 0) is 18.6 Å². The van der Waals surface area contributed by atoms with Gasteiger partial charge in [-0.2, -0.15) is 0 Å². The lowest BCUT2D eigenvalue weighted by Crippen LogP contribution is -2.02. The Morgan fingerprint density at radius 1 is 1.29 bits per heavy atom. The Bertz CT molecular complexity index is 433. The van der Waals surface area contributed by atoms with Crippen LogP contribution in [-0.4, -0.2) is 9.81 Å². The largest absolute Gasteiger partial charge is 0.241 e. The van der Waals surface area contributed by atoms with Gasteiger partial charge in [0.2, 0.25) is 0 Å². The standard InChI is InChI=1S/C14H18BrNS/c1-2-3-4-7-11(15)10-14-16-12-8-5-6-9-13(12)17-14/h5-6,8-9,11H,2-4,7,10H2,1H3. The highest BCUT2D eigenvalue weighted by molar-refractivity contribution is 9.09. The van der Waals surface area contributed by atoms with Gasteiger partial charge in [0.15, 0.2) is 0 Å². The van der Waals surface area contributed by atoms with Crippen LogP contribution in [0.4, 0.5) is 0 Å². The van der Waals surface area contributed by atoms with Crippen LogP contribution in [0.2, 0.25) is 0 Å². The molecule has 1 unspecified atom stereocenters. The van der Waals surface area contributed by atoms with Crippen LogP contribution in [0.15, 0.2) is 24.3 Å². The fraction of sp³-hybridized carbons (Fsp3) is 0.500. The number of thiazole rings is 1. The first kappa shape index (κ1) is 13.0. The summed E-state index contributed by atoms with van der Waals surface area (Å²) in [5.41, 5.74) is 1.14. The molecule has 0 fully saturated rings. The van der Waals surface area contributed by atoms with Gasteiger partial charge >= 0.3 is 0 Å². The monoisotopic (exact) mass is 311 g/mol. The van der Waals surface area contributed by atoms with Crippen LogP contribution in [0.25, 0.3) is 10.2 Å². The van der Waals surface area contributed by atoms with Crippen LogP contribution in [0.5, 0.6) is 0 Å². The highest BCUT2D eigenvalue weighted by atomic mass is 79.9. The first-order valence-corrected chi connectivity index (χ1v) is 8.01. The van der Waals surface area contributed by atoms with Crippen LogP contribution in [0, 0.1) is 0 Å². The van der Waals surface area contributed by atoms with Crippen molar-refractivity contribution < 1.29 is 0 Å². The molecule has 0 aliphatic carbocycles. The van der Waals surface area contributed by atoms with E-state index >= 15 is 0 Å². The third kappa shape index (κ3) is 3.78. The van der Waals surface area contributed by atoms with E-state index in [1.54, 1.807) is 0 Å². The number of para-hydroxylation sites is 1. The number of fused-ring (bicyclic) bond motifs is 1. The molecule has 1 heterocycles. The second-order valence-electron chi connectivity index (χ2n) is 4.37. The summed E-state index contributed by atoms with van der Waals surface area (Å²) in [6.07, 6.45) is 6.26. The van der Waals surface area contributed by atoms with Crippen molar-refractivity contribution in [2.24, 2.45) is 0 Å². The first-order chi connectivity index (χ1) is 8.29. The smallest absolute Gasteiger partial charge is 0.0949 e. The zero-order chi connectivity index (χ0) is 12.1. The number of halogens is 1. The number of aromatic nitrogens is 1. The molecular formula is C14H18BrNS. The van der Waals surface area contributed by atoms with Gasteiger partial charge in [-0.3, -0.25) is 0 Å². The first-order valence-electron chi connectivity index (χ1n) is 6.28. The molecule has 0 spiro atoms. The molecule has 0 bridgehead atoms. The summed E-state index contributed by atoms with van der Waals surface area (Å²) < 4.78 is 1.30. The minimum atomic E-state index is 0.578. The number of hydrogen-bond donors (Lipinski definition) is 0. The molecular weight excluding hydrogens is 294 g/mol. The third-order valence-corrected chi connectivity index (χ3v) is 4.70. The average Bonchev–Trinajstić information content (AvgIpc) is 2.71. The summed E-state index contributed by atoms with van der Waals surface area (Å²) in [5, 5.41) is 1.25. The second-order valence-corrected chi connectivity index (χ2v) is 6.78. The summed E-state index contributed by atoms with van der Waals surface area (Å²) in [7, 11) is 0. The molecule has 0 amide bonds. The number of unbranched alkanes of at least 4 members (excludes halogenated alkanes) is 2. The van der Waals surface area contributed by atoms with Crippen LogP contribution in [0.3, 0.4) is 0 Å². The Labute approximate surface area is 115 Å². The molecule has 0 radical (unpaired) electrons. The fourth-order valence-electron chi connectivity index (χ4n) is 1.91. The van der Waals surface area contributed by atoms with E-state index in [0.29, 0.717) is 4.83 Å². The molecule has 0 N–H and O–H groups in total. The SMILES string of the molecule is CCCCCC(Br)Cc1nc2ccccc2s1. The van der Waals surface area contributed by atoms with Crippen molar-refractivity contribution in [2.45, 2.75) is 43.9 Å². The minimum Gasteiger partial charge on any atom is -0.241 e. The van der Waals surface area contributed by atoms with Crippen molar-refractivity contribution in [1.29, 1.82) is 0 Å². The van der Waals surface area contributed by atoms with Gasteiger partial charge in [-0.25, -0.2) is 4.98 Å². The Kier molecular flexibility index (Phi) is 4.99. The fourth-order valence-corrected chi connectivity index (χ4v) is 3.81. The van der Waals surface area contributed by atoms with Gasteiger partial charge in [-0.1, -0.05) is 54.2 Å². The maximum atomic E-state index is 4.67. The topological polar surface area (TPSA) is 12.9 Å². The van der Waals surface area contributed by atoms with E-state index in [-0.39, 0.29) is 0 Å². The lowest BCUT2D eigenvalue weighted by atomic mass is 10.1. The molecule has 1 atom stereocenters. The van der Waals surface area contributed by atoms with Crippen LogP contribution in [-0.2, 0) is 6.42 Å². The van der Waals surface area contributed by atoms with Gasteiger partial charge < -0.3 is 0 Å². The van der Waals surface area contributed by atoms with Crippen LogP contribution < -0.4 is 0 Å². The molecule has 2 aromatic rings. The lowest BCUT2D eigenvalue weighted by molar-refractivity contribution is 0.647. The minimum absolute atomic E-state index is 0.578. The molecule has 0 aliphatic rings. The van der Waals surface area contributed by atoms with Crippen molar-refractivity contribution in [2.75, 3.05) is 0 Å². The Morgan fingerprint density at radius 2 is 2.12 bits per heavy atom. The quantitative estimate of drug-likeness (QED) is 0.529. The molecule has 0 saturated heterocycles. The van der Waals surface area contributed by atoms with E-state index in [1.165, 1.54) is 35.4 Å². The maximum absolute atomic E-state index is 4.67. The second kappa shape index (κ2) is 6.50. The van der Waals surface area contributed by atoms with Crippen molar-refractivity contribution in [3.63, 3.8) is 0 Å². The number of rotatable bonds is 6. The van der Waals surface area contributed by atoms with Gasteiger partial charge in [-0.15, -0.1) is 11.3 Å². The molecule has 1 aromatic carbocycles. The molecule has 0 aliphatic heterocycles. The molecule has 2 rings (SSSR count). The van der Waals surface area contributed by atoms with Crippen molar-refractivity contribution >= 4 is 37.5 Å². The van der Waals surface area contributed by atoms with Gasteiger partial charge in [0, 0.05) is 11.2 Å². The van der Waals surface area contributed by atoms with Gasteiger partial charge in [0.05, 0.1) is 15.2 Å². The van der Waals surface area contributed by atoms with E-state index in [0.717, 1.165) is 11.9 Å². The van der Waals surface area contributed by atoms with E-state index in [4.69, 9.17) is 0 Å². The van der Waals surface area contributed by atoms with E-state index in [1.807, 2.05) is 11.3 Å². The van der Waals surface area contributed by atoms with Crippen molar-refractivity contribution in [3.8, 4) is 0 Å². The molecule has 17 heavy (non-hydrogen) atoms. The highest BCUT2D eigenvalue weighted by Crippen LogP contribution is 2.25. The predicted octanol–water partition coefficient (Wildman–Crippen LogP) is 5.18. The molecule has 3 heteroatoms. The zero-order valence-electron chi connectivity index (χ0n) is 10.2. The lowest BCUT2D eigenvalue weighted by Gasteiger charge is -2.06. The summed E-state index contributed by atoms with van der Waals surface area (Å²) >= 11 is 5.59. The number of nitrogens with zero attached hydrogens (tertiary/aromatic N) is 1. The predicted molar refractivity (Wildman–Crippen MR) is 80.2 cm³/mol. The van der Waals surface area contributed by atoms with E-state index in [2.05, 4.69) is 52.1 Å². The highest BCUT2D eigenvalue weighted by Gasteiger charge is 2.09. The maximum Gasteiger partial charge on any atom is 0.0949 e. The molecule has 1 nitrogen and oxygen atoms in total. The molecule has 0 saturated carbocycles. The summed E-state index contributed by atoms with van der Waals surface area (Å²) in [4.78, 5) is 5.25. The Morgan fingerprint density at radius 3 is 2.88 bits per heavy atom. The summed E-state index contributed by atoms with van der Waals surface area (Å²) in [6, 6.07) is 8.38. The number of hydrogen-bond acceptors (Lipinski definition) is 2.